The zero-order valence-electron chi connectivity index (χ0n) is 12.8. The molecule has 0 bridgehead atoms. The first kappa shape index (κ1) is 17.2. The van der Waals surface area contributed by atoms with Gasteiger partial charge in [-0.05, 0) is 49.7 Å². The van der Waals surface area contributed by atoms with Crippen molar-refractivity contribution >= 4 is 11.6 Å². The molecule has 0 aliphatic rings. The molecule has 0 unspecified atom stereocenters. The number of carbonyl (C=O) groups excluding carboxylic acids is 1. The topological polar surface area (TPSA) is 59.6 Å². The first-order valence-electron chi connectivity index (χ1n) is 6.98. The third-order valence-electron chi connectivity index (χ3n) is 2.61. The van der Waals surface area contributed by atoms with Gasteiger partial charge in [-0.15, -0.1) is 0 Å². The lowest BCUT2D eigenvalue weighted by Gasteiger charge is -2.09. The fourth-order valence-electron chi connectivity index (χ4n) is 1.59. The van der Waals surface area contributed by atoms with Crippen LogP contribution in [0.5, 0.6) is 5.75 Å². The van der Waals surface area contributed by atoms with Crippen molar-refractivity contribution in [2.24, 2.45) is 0 Å². The first-order valence-corrected chi connectivity index (χ1v) is 6.98. The molecule has 0 atom stereocenters. The smallest absolute Gasteiger partial charge is 0.238 e. The Kier molecular flexibility index (Phi) is 8.16. The Hall–Kier alpha value is -1.85. The number of nitrogens with one attached hydrogen (secondary N) is 2. The molecule has 0 aromatic heterocycles. The number of carbonyl (C=O) groups is 1. The molecular formula is C16H24N2O3. The summed E-state index contributed by atoms with van der Waals surface area (Å²) in [6.07, 6.45) is 0.887. The van der Waals surface area contributed by atoms with E-state index >= 15 is 0 Å². The summed E-state index contributed by atoms with van der Waals surface area (Å²) in [7, 11) is 1.66. The average molecular weight is 292 g/mol. The lowest BCUT2D eigenvalue weighted by molar-refractivity contribution is -0.115. The fourth-order valence-corrected chi connectivity index (χ4v) is 1.59. The van der Waals surface area contributed by atoms with E-state index < -0.39 is 0 Å². The largest absolute Gasteiger partial charge is 0.489 e. The molecule has 0 aliphatic heterocycles. The highest BCUT2D eigenvalue weighted by Gasteiger charge is 2.02. The van der Waals surface area contributed by atoms with Crippen LogP contribution < -0.4 is 15.4 Å². The molecular weight excluding hydrogens is 268 g/mol. The van der Waals surface area contributed by atoms with Gasteiger partial charge in [0.05, 0.1) is 6.54 Å². The van der Waals surface area contributed by atoms with Crippen LogP contribution in [-0.4, -0.2) is 39.3 Å². The summed E-state index contributed by atoms with van der Waals surface area (Å²) in [4.78, 5) is 11.7. The molecule has 21 heavy (non-hydrogen) atoms. The number of methoxy groups -OCH3 is 1. The van der Waals surface area contributed by atoms with Crippen molar-refractivity contribution in [1.82, 2.24) is 5.32 Å². The van der Waals surface area contributed by atoms with Gasteiger partial charge in [-0.3, -0.25) is 4.79 Å². The fraction of sp³-hybridized carbons (Fsp3) is 0.438. The van der Waals surface area contributed by atoms with Gasteiger partial charge < -0.3 is 20.1 Å². The number of ether oxygens (including phenoxy) is 2. The number of hydrogen-bond donors (Lipinski definition) is 2. The quantitative estimate of drug-likeness (QED) is 0.513. The van der Waals surface area contributed by atoms with E-state index in [1.54, 1.807) is 7.11 Å². The van der Waals surface area contributed by atoms with Crippen molar-refractivity contribution in [1.29, 1.82) is 0 Å². The van der Waals surface area contributed by atoms with E-state index in [1.165, 1.54) is 0 Å². The maximum atomic E-state index is 11.7. The Morgan fingerprint density at radius 1 is 1.29 bits per heavy atom. The van der Waals surface area contributed by atoms with Gasteiger partial charge in [0, 0.05) is 19.4 Å². The zero-order chi connectivity index (χ0) is 15.5. The van der Waals surface area contributed by atoms with Gasteiger partial charge in [-0.25, -0.2) is 0 Å². The highest BCUT2D eigenvalue weighted by Crippen LogP contribution is 2.16. The molecule has 0 fully saturated rings. The highest BCUT2D eigenvalue weighted by atomic mass is 16.5. The van der Waals surface area contributed by atoms with E-state index in [2.05, 4.69) is 17.2 Å². The van der Waals surface area contributed by atoms with Crippen LogP contribution in [0.4, 0.5) is 5.69 Å². The van der Waals surface area contributed by atoms with Crippen LogP contribution in [0.3, 0.4) is 0 Å². The second kappa shape index (κ2) is 9.96. The van der Waals surface area contributed by atoms with Crippen molar-refractivity contribution < 1.29 is 14.3 Å². The Morgan fingerprint density at radius 3 is 2.62 bits per heavy atom. The molecule has 0 aliphatic carbocycles. The molecule has 1 aromatic carbocycles. The summed E-state index contributed by atoms with van der Waals surface area (Å²) in [5, 5.41) is 5.88. The molecule has 2 N–H and O–H groups in total. The predicted molar refractivity (Wildman–Crippen MR) is 84.7 cm³/mol. The molecule has 1 rings (SSSR count). The summed E-state index contributed by atoms with van der Waals surface area (Å²) in [6, 6.07) is 7.28. The number of anilines is 1. The van der Waals surface area contributed by atoms with Gasteiger partial charge in [-0.1, -0.05) is 6.58 Å². The van der Waals surface area contributed by atoms with Crippen LogP contribution in [0.2, 0.25) is 0 Å². The zero-order valence-corrected chi connectivity index (χ0v) is 12.8. The lowest BCUT2D eigenvalue weighted by Crippen LogP contribution is -2.29. The molecule has 0 saturated carbocycles. The van der Waals surface area contributed by atoms with Gasteiger partial charge in [0.2, 0.25) is 5.91 Å². The van der Waals surface area contributed by atoms with Crippen molar-refractivity contribution in [2.75, 3.05) is 38.7 Å². The maximum Gasteiger partial charge on any atom is 0.238 e. The van der Waals surface area contributed by atoms with Crippen LogP contribution in [0.15, 0.2) is 36.4 Å². The minimum Gasteiger partial charge on any atom is -0.489 e. The predicted octanol–water partition coefficient (Wildman–Crippen LogP) is 2.21. The van der Waals surface area contributed by atoms with Crippen molar-refractivity contribution in [3.05, 3.63) is 36.4 Å². The summed E-state index contributed by atoms with van der Waals surface area (Å²) >= 11 is 0. The molecule has 5 nitrogen and oxygen atoms in total. The standard InChI is InChI=1S/C16H24N2O3/c1-13(2)12-21-15-7-5-14(6-8-15)18-16(19)11-17-9-4-10-20-3/h5-8,17H,1,4,9-12H2,2-3H3,(H,18,19). The summed E-state index contributed by atoms with van der Waals surface area (Å²) in [5.41, 5.74) is 1.72. The van der Waals surface area contributed by atoms with E-state index in [0.717, 1.165) is 30.0 Å². The Balaban J connectivity index is 2.27. The lowest BCUT2D eigenvalue weighted by atomic mass is 10.3. The molecule has 116 valence electrons. The summed E-state index contributed by atoms with van der Waals surface area (Å²) in [5.74, 6) is 0.691. The second-order valence-corrected chi connectivity index (χ2v) is 4.84. The molecule has 1 amide bonds. The summed E-state index contributed by atoms with van der Waals surface area (Å²) < 4.78 is 10.4. The minimum atomic E-state index is -0.0666. The Morgan fingerprint density at radius 2 is 2.00 bits per heavy atom. The number of hydrogen-bond acceptors (Lipinski definition) is 4. The highest BCUT2D eigenvalue weighted by molar-refractivity contribution is 5.92. The van der Waals surface area contributed by atoms with Gasteiger partial charge in [0.15, 0.2) is 0 Å². The number of amides is 1. The molecule has 0 radical (unpaired) electrons. The normalized spacial score (nSPS) is 10.2. The van der Waals surface area contributed by atoms with E-state index in [-0.39, 0.29) is 12.5 Å². The first-order chi connectivity index (χ1) is 10.1. The van der Waals surface area contributed by atoms with Gasteiger partial charge >= 0.3 is 0 Å². The van der Waals surface area contributed by atoms with E-state index in [0.29, 0.717) is 13.2 Å². The number of rotatable bonds is 10. The maximum absolute atomic E-state index is 11.7. The molecule has 0 saturated heterocycles. The third-order valence-corrected chi connectivity index (χ3v) is 2.61. The van der Waals surface area contributed by atoms with Crippen molar-refractivity contribution in [2.45, 2.75) is 13.3 Å². The van der Waals surface area contributed by atoms with Crippen LogP contribution in [-0.2, 0) is 9.53 Å². The van der Waals surface area contributed by atoms with E-state index in [9.17, 15) is 4.79 Å². The number of benzene rings is 1. The Bertz CT molecular complexity index is 443. The van der Waals surface area contributed by atoms with Crippen LogP contribution in [0.25, 0.3) is 0 Å². The Labute approximate surface area is 126 Å². The monoisotopic (exact) mass is 292 g/mol. The van der Waals surface area contributed by atoms with E-state index in [4.69, 9.17) is 9.47 Å². The van der Waals surface area contributed by atoms with Crippen molar-refractivity contribution in [3.63, 3.8) is 0 Å². The van der Waals surface area contributed by atoms with Gasteiger partial charge in [0.1, 0.15) is 12.4 Å². The molecule has 5 heteroatoms. The third kappa shape index (κ3) is 8.12. The van der Waals surface area contributed by atoms with Crippen LogP contribution in [0, 0.1) is 0 Å². The van der Waals surface area contributed by atoms with Crippen LogP contribution >= 0.6 is 0 Å². The average Bonchev–Trinajstić information content (AvgIpc) is 2.46. The second-order valence-electron chi connectivity index (χ2n) is 4.84. The molecule has 0 heterocycles. The van der Waals surface area contributed by atoms with Gasteiger partial charge in [0.25, 0.3) is 0 Å². The summed E-state index contributed by atoms with van der Waals surface area (Å²) in [6.45, 7) is 7.93. The SMILES string of the molecule is C=C(C)COc1ccc(NC(=O)CNCCCOC)cc1. The minimum absolute atomic E-state index is 0.0666. The molecule has 0 spiro atoms. The van der Waals surface area contributed by atoms with E-state index in [1.807, 2.05) is 31.2 Å². The van der Waals surface area contributed by atoms with Gasteiger partial charge in [-0.2, -0.15) is 0 Å². The van der Waals surface area contributed by atoms with Crippen LogP contribution in [0.1, 0.15) is 13.3 Å². The van der Waals surface area contributed by atoms with Crippen molar-refractivity contribution in [3.8, 4) is 5.75 Å². The molecule has 1 aromatic rings.